The van der Waals surface area contributed by atoms with Gasteiger partial charge in [0.05, 0.1) is 13.2 Å². The van der Waals surface area contributed by atoms with Crippen molar-refractivity contribution in [3.8, 4) is 0 Å². The summed E-state index contributed by atoms with van der Waals surface area (Å²) < 4.78 is 19.9. The zero-order chi connectivity index (χ0) is 18.5. The Morgan fingerprint density at radius 1 is 1.19 bits per heavy atom. The lowest BCUT2D eigenvalue weighted by Crippen LogP contribution is -2.54. The normalized spacial score (nSPS) is 21.2. The van der Waals surface area contributed by atoms with Gasteiger partial charge in [-0.1, -0.05) is 15.9 Å². The second-order valence-corrected chi connectivity index (χ2v) is 7.40. The van der Waals surface area contributed by atoms with Crippen LogP contribution in [0.2, 0.25) is 0 Å². The third kappa shape index (κ3) is 4.51. The van der Waals surface area contributed by atoms with E-state index in [9.17, 15) is 14.0 Å². The second-order valence-electron chi connectivity index (χ2n) is 6.48. The fourth-order valence-corrected chi connectivity index (χ4v) is 3.72. The van der Waals surface area contributed by atoms with Crippen molar-refractivity contribution in [2.75, 3.05) is 32.8 Å². The summed E-state index contributed by atoms with van der Waals surface area (Å²) in [6.07, 6.45) is 5.29. The summed E-state index contributed by atoms with van der Waals surface area (Å²) in [5.74, 6) is -0.657. The number of morpholine rings is 1. The molecule has 2 aliphatic heterocycles. The van der Waals surface area contributed by atoms with Crippen molar-refractivity contribution in [2.45, 2.75) is 25.3 Å². The number of ether oxygens (including phenoxy) is 1. The van der Waals surface area contributed by atoms with Crippen LogP contribution in [0, 0.1) is 5.82 Å². The van der Waals surface area contributed by atoms with Gasteiger partial charge < -0.3 is 14.5 Å². The third-order valence-electron chi connectivity index (χ3n) is 4.76. The van der Waals surface area contributed by atoms with Gasteiger partial charge in [-0.25, -0.2) is 4.39 Å². The first-order valence-corrected chi connectivity index (χ1v) is 9.66. The summed E-state index contributed by atoms with van der Waals surface area (Å²) >= 11 is 3.30. The van der Waals surface area contributed by atoms with Crippen molar-refractivity contribution in [1.82, 2.24) is 9.80 Å². The Morgan fingerprint density at radius 3 is 2.73 bits per heavy atom. The first kappa shape index (κ1) is 19.0. The molecular formula is C19H22BrFN2O3. The minimum atomic E-state index is -0.439. The molecule has 140 valence electrons. The molecule has 1 unspecified atom stereocenters. The van der Waals surface area contributed by atoms with Gasteiger partial charge >= 0.3 is 0 Å². The zero-order valence-electron chi connectivity index (χ0n) is 14.5. The quantitative estimate of drug-likeness (QED) is 0.700. The van der Waals surface area contributed by atoms with Gasteiger partial charge in [0, 0.05) is 35.7 Å². The molecule has 3 rings (SSSR count). The average Bonchev–Trinajstić information content (AvgIpc) is 2.68. The minimum absolute atomic E-state index is 0.0108. The van der Waals surface area contributed by atoms with Crippen LogP contribution < -0.4 is 0 Å². The summed E-state index contributed by atoms with van der Waals surface area (Å²) in [5, 5.41) is 0. The molecular weight excluding hydrogens is 403 g/mol. The van der Waals surface area contributed by atoms with E-state index < -0.39 is 11.9 Å². The molecule has 1 aromatic carbocycles. The predicted molar refractivity (Wildman–Crippen MR) is 99.9 cm³/mol. The van der Waals surface area contributed by atoms with Gasteiger partial charge in [-0.05, 0) is 43.5 Å². The molecule has 1 atom stereocenters. The molecule has 0 aliphatic carbocycles. The number of carbonyl (C=O) groups is 2. The Balaban J connectivity index is 1.72. The number of likely N-dealkylation sites (tertiary alicyclic amines) is 1. The van der Waals surface area contributed by atoms with Gasteiger partial charge in [-0.2, -0.15) is 0 Å². The standard InChI is InChI=1S/C19H22BrFN2O3/c20-15-5-6-16(21)14(13-15)4-7-18(24)23-8-2-1-3-17(23)19(25)22-9-11-26-12-10-22/h4-7,13,17H,1-3,8-12H2/b7-4+. The zero-order valence-corrected chi connectivity index (χ0v) is 16.1. The second kappa shape index (κ2) is 8.77. The lowest BCUT2D eigenvalue weighted by molar-refractivity contribution is -0.148. The highest BCUT2D eigenvalue weighted by Gasteiger charge is 2.34. The van der Waals surface area contributed by atoms with E-state index in [-0.39, 0.29) is 11.8 Å². The molecule has 2 fully saturated rings. The maximum Gasteiger partial charge on any atom is 0.247 e. The van der Waals surface area contributed by atoms with Gasteiger partial charge in [0.15, 0.2) is 0 Å². The van der Waals surface area contributed by atoms with Crippen LogP contribution >= 0.6 is 15.9 Å². The summed E-state index contributed by atoms with van der Waals surface area (Å²) in [6, 6.07) is 4.13. The molecule has 2 heterocycles. The summed E-state index contributed by atoms with van der Waals surface area (Å²) in [5.41, 5.74) is 0.334. The number of carbonyl (C=O) groups excluding carboxylic acids is 2. The Morgan fingerprint density at radius 2 is 1.96 bits per heavy atom. The van der Waals surface area contributed by atoms with Crippen LogP contribution in [-0.4, -0.2) is 60.5 Å². The van der Waals surface area contributed by atoms with Crippen molar-refractivity contribution < 1.29 is 18.7 Å². The third-order valence-corrected chi connectivity index (χ3v) is 5.25. The Bertz CT molecular complexity index is 704. The molecule has 5 nitrogen and oxygen atoms in total. The number of hydrogen-bond acceptors (Lipinski definition) is 3. The average molecular weight is 425 g/mol. The van der Waals surface area contributed by atoms with Crippen LogP contribution in [0.3, 0.4) is 0 Å². The van der Waals surface area contributed by atoms with E-state index in [1.165, 1.54) is 18.2 Å². The molecule has 0 bridgehead atoms. The van der Waals surface area contributed by atoms with E-state index in [1.54, 1.807) is 21.9 Å². The molecule has 0 saturated carbocycles. The molecule has 0 radical (unpaired) electrons. The molecule has 0 N–H and O–H groups in total. The number of nitrogens with zero attached hydrogens (tertiary/aromatic N) is 2. The maximum absolute atomic E-state index is 13.8. The van der Waals surface area contributed by atoms with Crippen molar-refractivity contribution in [2.24, 2.45) is 0 Å². The van der Waals surface area contributed by atoms with Crippen LogP contribution in [0.25, 0.3) is 6.08 Å². The summed E-state index contributed by atoms with van der Waals surface area (Å²) in [7, 11) is 0. The van der Waals surface area contributed by atoms with E-state index in [4.69, 9.17) is 4.74 Å². The first-order chi connectivity index (χ1) is 12.6. The Kier molecular flexibility index (Phi) is 6.43. The number of amides is 2. The van der Waals surface area contributed by atoms with Gasteiger partial charge in [0.2, 0.25) is 11.8 Å². The van der Waals surface area contributed by atoms with Crippen LogP contribution in [0.1, 0.15) is 24.8 Å². The summed E-state index contributed by atoms with van der Waals surface area (Å²) in [6.45, 7) is 2.75. The van der Waals surface area contributed by atoms with Crippen molar-refractivity contribution in [3.63, 3.8) is 0 Å². The van der Waals surface area contributed by atoms with Crippen LogP contribution in [0.15, 0.2) is 28.7 Å². The van der Waals surface area contributed by atoms with E-state index in [1.807, 2.05) is 0 Å². The lowest BCUT2D eigenvalue weighted by atomic mass is 10.00. The fourth-order valence-electron chi connectivity index (χ4n) is 3.35. The fraction of sp³-hybridized carbons (Fsp3) is 0.474. The number of piperidine rings is 1. The smallest absolute Gasteiger partial charge is 0.247 e. The summed E-state index contributed by atoms with van der Waals surface area (Å²) in [4.78, 5) is 28.9. The van der Waals surface area contributed by atoms with E-state index in [0.717, 1.165) is 17.3 Å². The number of halogens is 2. The monoisotopic (exact) mass is 424 g/mol. The molecule has 0 aromatic heterocycles. The van der Waals surface area contributed by atoms with Crippen molar-refractivity contribution >= 4 is 33.8 Å². The van der Waals surface area contributed by atoms with Crippen LogP contribution in [-0.2, 0) is 14.3 Å². The topological polar surface area (TPSA) is 49.9 Å². The van der Waals surface area contributed by atoms with Gasteiger partial charge in [0.1, 0.15) is 11.9 Å². The minimum Gasteiger partial charge on any atom is -0.378 e. The lowest BCUT2D eigenvalue weighted by Gasteiger charge is -2.38. The van der Waals surface area contributed by atoms with Crippen molar-refractivity contribution in [1.29, 1.82) is 0 Å². The predicted octanol–water partition coefficient (Wildman–Crippen LogP) is 2.84. The molecule has 7 heteroatoms. The van der Waals surface area contributed by atoms with E-state index in [2.05, 4.69) is 15.9 Å². The SMILES string of the molecule is O=C(C1CCCCN1C(=O)/C=C/c1cc(Br)ccc1F)N1CCOCC1. The van der Waals surface area contributed by atoms with Crippen LogP contribution in [0.5, 0.6) is 0 Å². The van der Waals surface area contributed by atoms with Crippen molar-refractivity contribution in [3.05, 3.63) is 40.1 Å². The Hall–Kier alpha value is -1.73. The van der Waals surface area contributed by atoms with E-state index in [0.29, 0.717) is 44.8 Å². The molecule has 2 saturated heterocycles. The van der Waals surface area contributed by atoms with Gasteiger partial charge in [-0.15, -0.1) is 0 Å². The number of rotatable bonds is 3. The first-order valence-electron chi connectivity index (χ1n) is 8.86. The van der Waals surface area contributed by atoms with E-state index >= 15 is 0 Å². The maximum atomic E-state index is 13.8. The molecule has 0 spiro atoms. The van der Waals surface area contributed by atoms with Crippen LogP contribution in [0.4, 0.5) is 4.39 Å². The number of benzene rings is 1. The molecule has 2 aliphatic rings. The van der Waals surface area contributed by atoms with Gasteiger partial charge in [-0.3, -0.25) is 9.59 Å². The molecule has 26 heavy (non-hydrogen) atoms. The molecule has 1 aromatic rings. The largest absolute Gasteiger partial charge is 0.378 e. The number of hydrogen-bond donors (Lipinski definition) is 0. The Labute approximate surface area is 160 Å². The highest BCUT2D eigenvalue weighted by Crippen LogP contribution is 2.21. The highest BCUT2D eigenvalue weighted by atomic mass is 79.9. The molecule has 2 amide bonds. The highest BCUT2D eigenvalue weighted by molar-refractivity contribution is 9.10. The van der Waals surface area contributed by atoms with Gasteiger partial charge in [0.25, 0.3) is 0 Å².